The third-order valence-corrected chi connectivity index (χ3v) is 14.8. The van der Waals surface area contributed by atoms with Crippen molar-refractivity contribution in [2.45, 2.75) is 285 Å². The van der Waals surface area contributed by atoms with Crippen LogP contribution in [0, 0.1) is 11.8 Å². The van der Waals surface area contributed by atoms with Crippen LogP contribution in [0.1, 0.15) is 232 Å². The number of amides is 10. The standard InChI is InChI=1S/C61H113N11O11/c1-15-18-20-22-24-26-30-44(52(77)66-47(39-42(6)7)54(79)70-59(9,10)56(81)68-46(38-41(4)5)51(76)63-34-33-49(74)64-43(8)40-62-35-37-73)67-57(82)60(11,12)71-58(83)61(13,14)69-53(78)45(31-27-25-23-21-19-16-2)65-55(80)48-32-28-36-72(48)50(75)29-17-3/h41-48,62,73H,15-40H2,1-14H3,(H,63,76)(H,64,74)(H,65,80)(H,66,77)(H,67,82)(H,68,81)(H,69,78)(H,70,79)(H,71,83)/t43-,44-,45-,46-,47-,48-/m0/s1. The molecule has 478 valence electrons. The Balaban J connectivity index is 3.30. The summed E-state index contributed by atoms with van der Waals surface area (Å²) in [7, 11) is 0. The fourth-order valence-corrected chi connectivity index (χ4v) is 9.73. The molecule has 1 aliphatic heterocycles. The first-order valence-electron chi connectivity index (χ1n) is 31.3. The minimum absolute atomic E-state index is 0.00418. The largest absolute Gasteiger partial charge is 0.395 e. The summed E-state index contributed by atoms with van der Waals surface area (Å²) in [5, 5.41) is 37.3. The van der Waals surface area contributed by atoms with Crippen molar-refractivity contribution in [1.29, 1.82) is 0 Å². The van der Waals surface area contributed by atoms with Crippen LogP contribution in [0.4, 0.5) is 0 Å². The van der Waals surface area contributed by atoms with E-state index >= 15 is 0 Å². The summed E-state index contributed by atoms with van der Waals surface area (Å²) in [5.41, 5.74) is -4.80. The lowest BCUT2D eigenvalue weighted by Gasteiger charge is -2.34. The molecule has 0 aromatic heterocycles. The Morgan fingerprint density at radius 2 is 0.976 bits per heavy atom. The maximum Gasteiger partial charge on any atom is 0.246 e. The van der Waals surface area contributed by atoms with Crippen LogP contribution in [0.25, 0.3) is 0 Å². The van der Waals surface area contributed by atoms with E-state index in [2.05, 4.69) is 67.0 Å². The molecule has 1 fully saturated rings. The Hall–Kier alpha value is -5.38. The van der Waals surface area contributed by atoms with E-state index in [4.69, 9.17) is 5.11 Å². The predicted molar refractivity (Wildman–Crippen MR) is 324 cm³/mol. The van der Waals surface area contributed by atoms with E-state index in [0.717, 1.165) is 64.2 Å². The summed E-state index contributed by atoms with van der Waals surface area (Å²) >= 11 is 0. The first-order valence-corrected chi connectivity index (χ1v) is 31.3. The predicted octanol–water partition coefficient (Wildman–Crippen LogP) is 4.59. The quantitative estimate of drug-likeness (QED) is 0.0374. The molecule has 1 saturated heterocycles. The van der Waals surface area contributed by atoms with Crippen LogP contribution in [0.15, 0.2) is 0 Å². The Bertz CT molecular complexity index is 2050. The summed E-state index contributed by atoms with van der Waals surface area (Å²) in [4.78, 5) is 139. The van der Waals surface area contributed by atoms with E-state index in [-0.39, 0.29) is 68.5 Å². The Morgan fingerprint density at radius 1 is 0.506 bits per heavy atom. The highest BCUT2D eigenvalue weighted by Gasteiger charge is 2.42. The van der Waals surface area contributed by atoms with Gasteiger partial charge in [0.05, 0.1) is 6.61 Å². The Morgan fingerprint density at radius 3 is 1.49 bits per heavy atom. The molecule has 10 amide bonds. The summed E-state index contributed by atoms with van der Waals surface area (Å²) in [6, 6.07) is -5.19. The first-order chi connectivity index (χ1) is 39.0. The molecule has 11 N–H and O–H groups in total. The number of hydrogen-bond acceptors (Lipinski definition) is 12. The highest BCUT2D eigenvalue weighted by atomic mass is 16.3. The van der Waals surface area contributed by atoms with Crippen molar-refractivity contribution in [1.82, 2.24) is 58.1 Å². The van der Waals surface area contributed by atoms with Crippen molar-refractivity contribution in [3.63, 3.8) is 0 Å². The Kier molecular flexibility index (Phi) is 35.8. The molecule has 0 bridgehead atoms. The second-order valence-electron chi connectivity index (χ2n) is 25.3. The van der Waals surface area contributed by atoms with Gasteiger partial charge in [-0.1, -0.05) is 126 Å². The highest BCUT2D eigenvalue weighted by Crippen LogP contribution is 2.21. The number of hydrogen-bond donors (Lipinski definition) is 11. The second-order valence-corrected chi connectivity index (χ2v) is 25.3. The number of nitrogens with zero attached hydrogens (tertiary/aromatic N) is 1. The van der Waals surface area contributed by atoms with Crippen LogP contribution in [-0.2, 0) is 47.9 Å². The normalized spacial score (nSPS) is 15.5. The number of nitrogens with one attached hydrogen (secondary N) is 10. The zero-order chi connectivity index (χ0) is 62.9. The lowest BCUT2D eigenvalue weighted by atomic mass is 9.96. The van der Waals surface area contributed by atoms with Crippen LogP contribution < -0.4 is 53.2 Å². The highest BCUT2D eigenvalue weighted by molar-refractivity contribution is 6.00. The minimum atomic E-state index is -1.63. The number of likely N-dealkylation sites (tertiary alicyclic amines) is 1. The van der Waals surface area contributed by atoms with Gasteiger partial charge in [0.2, 0.25) is 59.1 Å². The molecule has 0 saturated carbocycles. The van der Waals surface area contributed by atoms with Gasteiger partial charge in [-0.25, -0.2) is 0 Å². The van der Waals surface area contributed by atoms with Crippen molar-refractivity contribution in [3.05, 3.63) is 0 Å². The SMILES string of the molecule is CCCCCCCC[C@H](NC(=O)[C@@H]1CCCN1C(=O)CCC)C(=O)NC(C)(C)C(=O)NC(C)(C)C(=O)N[C@@H](CCCCCCCC)C(=O)N[C@@H](CC(C)C)C(=O)NC(C)(C)C(=O)N[C@@H](CC(C)C)C(=O)NCCC(=O)N[C@@H](C)CNCCO. The molecule has 22 heteroatoms. The minimum Gasteiger partial charge on any atom is -0.395 e. The molecule has 83 heavy (non-hydrogen) atoms. The number of carbonyl (C=O) groups is 10. The molecule has 0 aromatic rings. The van der Waals surface area contributed by atoms with Crippen LogP contribution in [0.3, 0.4) is 0 Å². The van der Waals surface area contributed by atoms with Gasteiger partial charge in [0.15, 0.2) is 0 Å². The van der Waals surface area contributed by atoms with Crippen molar-refractivity contribution in [2.75, 3.05) is 32.8 Å². The molecule has 0 radical (unpaired) electrons. The summed E-state index contributed by atoms with van der Waals surface area (Å²) in [5.74, 6) is -5.38. The van der Waals surface area contributed by atoms with Gasteiger partial charge in [-0.15, -0.1) is 0 Å². The van der Waals surface area contributed by atoms with Crippen LogP contribution in [-0.4, -0.2) is 155 Å². The van der Waals surface area contributed by atoms with Gasteiger partial charge in [0, 0.05) is 45.1 Å². The molecule has 1 rings (SSSR count). The summed E-state index contributed by atoms with van der Waals surface area (Å²) in [6.07, 6.45) is 14.1. The zero-order valence-electron chi connectivity index (χ0n) is 53.5. The third-order valence-electron chi connectivity index (χ3n) is 14.8. The zero-order valence-corrected chi connectivity index (χ0v) is 53.5. The summed E-state index contributed by atoms with van der Waals surface area (Å²) < 4.78 is 0. The molecule has 1 aliphatic rings. The maximum atomic E-state index is 14.4. The third kappa shape index (κ3) is 29.8. The van der Waals surface area contributed by atoms with E-state index in [1.165, 1.54) is 41.5 Å². The lowest BCUT2D eigenvalue weighted by molar-refractivity contribution is -0.141. The molecule has 6 atom stereocenters. The molecular weight excluding hydrogens is 1060 g/mol. The van der Waals surface area contributed by atoms with Crippen molar-refractivity contribution >= 4 is 59.1 Å². The number of aliphatic hydroxyl groups excluding tert-OH is 1. The monoisotopic (exact) mass is 1180 g/mol. The summed E-state index contributed by atoms with van der Waals surface area (Å²) in [6.45, 7) is 25.7. The van der Waals surface area contributed by atoms with Crippen LogP contribution in [0.5, 0.6) is 0 Å². The van der Waals surface area contributed by atoms with Gasteiger partial charge in [-0.2, -0.15) is 0 Å². The number of aliphatic hydroxyl groups is 1. The lowest BCUT2D eigenvalue weighted by Crippen LogP contribution is -2.66. The van der Waals surface area contributed by atoms with E-state index in [1.807, 2.05) is 41.5 Å². The van der Waals surface area contributed by atoms with Gasteiger partial charge >= 0.3 is 0 Å². The number of carbonyl (C=O) groups excluding carboxylic acids is 10. The van der Waals surface area contributed by atoms with Crippen LogP contribution >= 0.6 is 0 Å². The van der Waals surface area contributed by atoms with Crippen molar-refractivity contribution in [3.8, 4) is 0 Å². The maximum absolute atomic E-state index is 14.4. The van der Waals surface area contributed by atoms with Crippen LogP contribution in [0.2, 0.25) is 0 Å². The molecule has 22 nitrogen and oxygen atoms in total. The average Bonchev–Trinajstić information content (AvgIpc) is 4.07. The Labute approximate surface area is 497 Å². The fourth-order valence-electron chi connectivity index (χ4n) is 9.73. The van der Waals surface area contributed by atoms with Gasteiger partial charge in [0.1, 0.15) is 46.8 Å². The topological polar surface area (TPSA) is 314 Å². The number of rotatable bonds is 43. The van der Waals surface area contributed by atoms with E-state index in [0.29, 0.717) is 64.6 Å². The molecule has 1 heterocycles. The van der Waals surface area contributed by atoms with E-state index in [1.54, 1.807) is 4.90 Å². The van der Waals surface area contributed by atoms with Gasteiger partial charge in [0.25, 0.3) is 0 Å². The van der Waals surface area contributed by atoms with Gasteiger partial charge in [-0.3, -0.25) is 47.9 Å². The molecule has 0 unspecified atom stereocenters. The van der Waals surface area contributed by atoms with E-state index in [9.17, 15) is 47.9 Å². The smallest absolute Gasteiger partial charge is 0.246 e. The van der Waals surface area contributed by atoms with Gasteiger partial charge < -0.3 is 63.2 Å². The van der Waals surface area contributed by atoms with Crippen molar-refractivity contribution in [2.24, 2.45) is 11.8 Å². The first kappa shape index (κ1) is 75.6. The second kappa shape index (κ2) is 39.3. The fraction of sp³-hybridized carbons (Fsp3) is 0.836. The molecule has 0 aliphatic carbocycles. The van der Waals surface area contributed by atoms with Crippen molar-refractivity contribution < 1.29 is 53.1 Å². The van der Waals surface area contributed by atoms with E-state index < -0.39 is 94.1 Å². The molecular formula is C61H113N11O11. The molecule has 0 aromatic carbocycles. The van der Waals surface area contributed by atoms with Gasteiger partial charge in [-0.05, 0) is 105 Å². The number of unbranched alkanes of at least 4 members (excludes halogenated alkanes) is 10. The molecule has 0 spiro atoms. The average molecular weight is 1180 g/mol.